The number of benzene rings is 1. The Morgan fingerprint density at radius 1 is 1.35 bits per heavy atom. The molecule has 0 fully saturated rings. The number of halogens is 1. The van der Waals surface area contributed by atoms with E-state index in [1.165, 1.54) is 18.2 Å². The molecule has 0 heterocycles. The van der Waals surface area contributed by atoms with E-state index in [4.69, 9.17) is 0 Å². The molecular formula is C10H11FO5S. The fourth-order valence-electron chi connectivity index (χ4n) is 1.02. The third-order valence-electron chi connectivity index (χ3n) is 1.67. The number of carbonyl (C=O) groups is 1. The molecule has 1 rings (SSSR count). The summed E-state index contributed by atoms with van der Waals surface area (Å²) in [6.07, 6.45) is 0.890. The Hall–Kier alpha value is -1.47. The molecule has 0 saturated carbocycles. The standard InChI is InChI=1S/C10H11FO5S/c1-17(13,14)16-6-5-15-10(12)8-3-2-4-9(11)7-8/h2-4,7H,5-6H2,1H3. The molecule has 0 spiro atoms. The zero-order chi connectivity index (χ0) is 12.9. The first-order valence-corrected chi connectivity index (χ1v) is 6.47. The molecule has 0 saturated heterocycles. The summed E-state index contributed by atoms with van der Waals surface area (Å²) in [6, 6.07) is 4.99. The minimum Gasteiger partial charge on any atom is -0.460 e. The Kier molecular flexibility index (Phi) is 4.59. The van der Waals surface area contributed by atoms with Crippen molar-refractivity contribution in [3.8, 4) is 0 Å². The second kappa shape index (κ2) is 5.74. The molecule has 1 aromatic rings. The van der Waals surface area contributed by atoms with Crippen molar-refractivity contribution in [2.75, 3.05) is 19.5 Å². The summed E-state index contributed by atoms with van der Waals surface area (Å²) in [6.45, 7) is -0.484. The lowest BCUT2D eigenvalue weighted by atomic mass is 10.2. The van der Waals surface area contributed by atoms with E-state index in [1.807, 2.05) is 0 Å². The molecule has 0 aromatic heterocycles. The van der Waals surface area contributed by atoms with Gasteiger partial charge < -0.3 is 4.74 Å². The molecule has 0 aliphatic heterocycles. The Bertz CT molecular complexity index is 497. The average molecular weight is 262 g/mol. The van der Waals surface area contributed by atoms with E-state index < -0.39 is 21.9 Å². The van der Waals surface area contributed by atoms with Crippen molar-refractivity contribution in [1.82, 2.24) is 0 Å². The lowest BCUT2D eigenvalue weighted by Crippen LogP contribution is -2.13. The molecule has 5 nitrogen and oxygen atoms in total. The van der Waals surface area contributed by atoms with E-state index in [-0.39, 0.29) is 18.8 Å². The summed E-state index contributed by atoms with van der Waals surface area (Å²) in [4.78, 5) is 11.3. The van der Waals surface area contributed by atoms with Gasteiger partial charge in [-0.15, -0.1) is 0 Å². The van der Waals surface area contributed by atoms with E-state index in [0.29, 0.717) is 0 Å². The molecule has 17 heavy (non-hydrogen) atoms. The van der Waals surface area contributed by atoms with Crippen LogP contribution in [0.3, 0.4) is 0 Å². The first-order valence-electron chi connectivity index (χ1n) is 4.65. The van der Waals surface area contributed by atoms with Crippen LogP contribution in [0.1, 0.15) is 10.4 Å². The van der Waals surface area contributed by atoms with Crippen LogP contribution in [0.5, 0.6) is 0 Å². The van der Waals surface area contributed by atoms with Crippen LogP contribution in [-0.4, -0.2) is 33.9 Å². The summed E-state index contributed by atoms with van der Waals surface area (Å²) < 4.78 is 43.0. The Morgan fingerprint density at radius 2 is 2.06 bits per heavy atom. The maximum absolute atomic E-state index is 12.8. The van der Waals surface area contributed by atoms with Gasteiger partial charge in [0, 0.05) is 0 Å². The SMILES string of the molecule is CS(=O)(=O)OCCOC(=O)c1cccc(F)c1. The zero-order valence-corrected chi connectivity index (χ0v) is 9.87. The summed E-state index contributed by atoms with van der Waals surface area (Å²) in [5, 5.41) is 0. The maximum atomic E-state index is 12.8. The Morgan fingerprint density at radius 3 is 2.65 bits per heavy atom. The van der Waals surface area contributed by atoms with E-state index in [0.717, 1.165) is 12.3 Å². The number of hydrogen-bond acceptors (Lipinski definition) is 5. The number of carbonyl (C=O) groups excluding carboxylic acids is 1. The Labute approximate surface area is 98.3 Å². The fraction of sp³-hybridized carbons (Fsp3) is 0.300. The fourth-order valence-corrected chi connectivity index (χ4v) is 1.39. The average Bonchev–Trinajstić information content (AvgIpc) is 2.23. The van der Waals surface area contributed by atoms with Gasteiger partial charge in [0.15, 0.2) is 0 Å². The van der Waals surface area contributed by atoms with Gasteiger partial charge >= 0.3 is 5.97 Å². The van der Waals surface area contributed by atoms with Gasteiger partial charge in [0.2, 0.25) is 0 Å². The van der Waals surface area contributed by atoms with Crippen molar-refractivity contribution in [3.05, 3.63) is 35.6 Å². The molecule has 0 bridgehead atoms. The van der Waals surface area contributed by atoms with Gasteiger partial charge in [-0.1, -0.05) is 6.07 Å². The van der Waals surface area contributed by atoms with Crippen molar-refractivity contribution in [3.63, 3.8) is 0 Å². The van der Waals surface area contributed by atoms with Crippen molar-refractivity contribution in [1.29, 1.82) is 0 Å². The lowest BCUT2D eigenvalue weighted by Gasteiger charge is -2.04. The van der Waals surface area contributed by atoms with E-state index >= 15 is 0 Å². The van der Waals surface area contributed by atoms with Gasteiger partial charge in [0.05, 0.1) is 11.8 Å². The Balaban J connectivity index is 2.41. The summed E-state index contributed by atoms with van der Waals surface area (Å²) in [5.74, 6) is -1.28. The van der Waals surface area contributed by atoms with Gasteiger partial charge in [0.25, 0.3) is 10.1 Å². The van der Waals surface area contributed by atoms with Gasteiger partial charge in [-0.2, -0.15) is 8.42 Å². The van der Waals surface area contributed by atoms with Crippen LogP contribution in [0.15, 0.2) is 24.3 Å². The third kappa shape index (κ3) is 5.41. The van der Waals surface area contributed by atoms with Crippen LogP contribution in [0, 0.1) is 5.82 Å². The number of hydrogen-bond donors (Lipinski definition) is 0. The highest BCUT2D eigenvalue weighted by Gasteiger charge is 2.08. The van der Waals surface area contributed by atoms with Crippen molar-refractivity contribution >= 4 is 16.1 Å². The number of ether oxygens (including phenoxy) is 1. The van der Waals surface area contributed by atoms with Gasteiger partial charge in [0.1, 0.15) is 19.0 Å². The van der Waals surface area contributed by atoms with Crippen molar-refractivity contribution in [2.45, 2.75) is 0 Å². The van der Waals surface area contributed by atoms with E-state index in [2.05, 4.69) is 8.92 Å². The van der Waals surface area contributed by atoms with Gasteiger partial charge in [-0.05, 0) is 18.2 Å². The topological polar surface area (TPSA) is 69.7 Å². The molecule has 0 N–H and O–H groups in total. The molecular weight excluding hydrogens is 251 g/mol. The van der Waals surface area contributed by atoms with Crippen LogP contribution in [0.25, 0.3) is 0 Å². The summed E-state index contributed by atoms with van der Waals surface area (Å²) in [7, 11) is -3.54. The molecule has 0 radical (unpaired) electrons. The smallest absolute Gasteiger partial charge is 0.338 e. The highest BCUT2D eigenvalue weighted by atomic mass is 32.2. The molecule has 0 aliphatic rings. The zero-order valence-electron chi connectivity index (χ0n) is 9.05. The lowest BCUT2D eigenvalue weighted by molar-refractivity contribution is 0.0453. The first kappa shape index (κ1) is 13.6. The highest BCUT2D eigenvalue weighted by Crippen LogP contribution is 2.05. The molecule has 7 heteroatoms. The second-order valence-electron chi connectivity index (χ2n) is 3.17. The molecule has 0 atom stereocenters. The molecule has 1 aromatic carbocycles. The largest absolute Gasteiger partial charge is 0.460 e. The normalized spacial score (nSPS) is 11.2. The van der Waals surface area contributed by atoms with Crippen LogP contribution < -0.4 is 0 Å². The van der Waals surface area contributed by atoms with Crippen molar-refractivity contribution < 1.29 is 26.5 Å². The molecule has 94 valence electrons. The molecule has 0 aliphatic carbocycles. The second-order valence-corrected chi connectivity index (χ2v) is 4.82. The predicted octanol–water partition coefficient (Wildman–Crippen LogP) is 0.959. The first-order chi connectivity index (χ1) is 7.88. The number of esters is 1. The van der Waals surface area contributed by atoms with Crippen LogP contribution >= 0.6 is 0 Å². The minimum atomic E-state index is -3.54. The third-order valence-corrected chi connectivity index (χ3v) is 2.27. The quantitative estimate of drug-likeness (QED) is 0.449. The predicted molar refractivity (Wildman–Crippen MR) is 57.5 cm³/mol. The van der Waals surface area contributed by atoms with Crippen LogP contribution in [0.2, 0.25) is 0 Å². The molecule has 0 amide bonds. The maximum Gasteiger partial charge on any atom is 0.338 e. The summed E-state index contributed by atoms with van der Waals surface area (Å²) >= 11 is 0. The van der Waals surface area contributed by atoms with Crippen LogP contribution in [0.4, 0.5) is 4.39 Å². The van der Waals surface area contributed by atoms with Gasteiger partial charge in [-0.3, -0.25) is 4.18 Å². The van der Waals surface area contributed by atoms with Crippen LogP contribution in [-0.2, 0) is 19.0 Å². The monoisotopic (exact) mass is 262 g/mol. The highest BCUT2D eigenvalue weighted by molar-refractivity contribution is 7.85. The minimum absolute atomic E-state index is 0.0596. The summed E-state index contributed by atoms with van der Waals surface area (Å²) in [5.41, 5.74) is 0.0596. The molecule has 0 unspecified atom stereocenters. The van der Waals surface area contributed by atoms with Crippen molar-refractivity contribution in [2.24, 2.45) is 0 Å². The van der Waals surface area contributed by atoms with E-state index in [1.54, 1.807) is 0 Å². The number of rotatable bonds is 5. The van der Waals surface area contributed by atoms with Gasteiger partial charge in [-0.25, -0.2) is 9.18 Å². The van der Waals surface area contributed by atoms with E-state index in [9.17, 15) is 17.6 Å².